The number of fused-ring (bicyclic) bond motifs is 1. The van der Waals surface area contributed by atoms with E-state index in [4.69, 9.17) is 11.6 Å². The topological polar surface area (TPSA) is 105 Å². The Morgan fingerprint density at radius 1 is 1.35 bits per heavy atom. The molecule has 8 nitrogen and oxygen atoms in total. The SMILES string of the molecule is CC(C)(C)c1nn2c(SCC(=O)Nc3cccc(Cl)c3)nnc2[nH]c1=O. The summed E-state index contributed by atoms with van der Waals surface area (Å²) in [6.07, 6.45) is 0. The first-order valence-corrected chi connectivity index (χ1v) is 9.15. The predicted molar refractivity (Wildman–Crippen MR) is 101 cm³/mol. The normalized spacial score (nSPS) is 11.7. The van der Waals surface area contributed by atoms with Crippen molar-refractivity contribution in [3.05, 3.63) is 45.3 Å². The van der Waals surface area contributed by atoms with E-state index in [9.17, 15) is 9.59 Å². The third-order valence-electron chi connectivity index (χ3n) is 3.40. The first kappa shape index (κ1) is 18.4. The number of carbonyl (C=O) groups excluding carboxylic acids is 1. The minimum absolute atomic E-state index is 0.110. The van der Waals surface area contributed by atoms with Gasteiger partial charge in [-0.3, -0.25) is 14.6 Å². The van der Waals surface area contributed by atoms with Crippen LogP contribution in [0.5, 0.6) is 0 Å². The largest absolute Gasteiger partial charge is 0.325 e. The summed E-state index contributed by atoms with van der Waals surface area (Å²) in [6.45, 7) is 5.68. The van der Waals surface area contributed by atoms with Crippen LogP contribution >= 0.6 is 23.4 Å². The third-order valence-corrected chi connectivity index (χ3v) is 4.56. The van der Waals surface area contributed by atoms with Crippen LogP contribution in [0, 0.1) is 0 Å². The zero-order chi connectivity index (χ0) is 18.9. The molecule has 10 heteroatoms. The summed E-state index contributed by atoms with van der Waals surface area (Å²) in [4.78, 5) is 26.9. The summed E-state index contributed by atoms with van der Waals surface area (Å²) in [5.74, 6) is 0.133. The number of amides is 1. The summed E-state index contributed by atoms with van der Waals surface area (Å²) in [7, 11) is 0. The molecule has 0 aliphatic rings. The Bertz CT molecular complexity index is 1020. The fourth-order valence-corrected chi connectivity index (χ4v) is 3.08. The number of nitrogens with one attached hydrogen (secondary N) is 2. The predicted octanol–water partition coefficient (Wildman–Crippen LogP) is 2.49. The highest BCUT2D eigenvalue weighted by molar-refractivity contribution is 7.99. The highest BCUT2D eigenvalue weighted by Gasteiger charge is 2.22. The maximum Gasteiger partial charge on any atom is 0.274 e. The number of benzene rings is 1. The molecule has 1 aromatic carbocycles. The molecule has 0 atom stereocenters. The van der Waals surface area contributed by atoms with Crippen LogP contribution < -0.4 is 10.9 Å². The number of rotatable bonds is 4. The smallest absolute Gasteiger partial charge is 0.274 e. The summed E-state index contributed by atoms with van der Waals surface area (Å²) in [5.41, 5.74) is 0.257. The van der Waals surface area contributed by atoms with Gasteiger partial charge in [0.05, 0.1) is 5.75 Å². The Labute approximate surface area is 158 Å². The van der Waals surface area contributed by atoms with E-state index in [1.165, 1.54) is 16.3 Å². The molecule has 0 aliphatic heterocycles. The Kier molecular flexibility index (Phi) is 5.01. The number of thioether (sulfide) groups is 1. The van der Waals surface area contributed by atoms with Crippen LogP contribution in [0.1, 0.15) is 26.5 Å². The average molecular weight is 393 g/mol. The van der Waals surface area contributed by atoms with Gasteiger partial charge in [-0.2, -0.15) is 9.61 Å². The zero-order valence-electron chi connectivity index (χ0n) is 14.4. The molecule has 0 saturated carbocycles. The van der Waals surface area contributed by atoms with Crippen LogP contribution in [0.25, 0.3) is 5.78 Å². The number of carbonyl (C=O) groups is 1. The molecule has 2 N–H and O–H groups in total. The fourth-order valence-electron chi connectivity index (χ4n) is 2.21. The summed E-state index contributed by atoms with van der Waals surface area (Å²) in [5, 5.41) is 16.0. The highest BCUT2D eigenvalue weighted by atomic mass is 35.5. The number of halogens is 1. The zero-order valence-corrected chi connectivity index (χ0v) is 16.0. The van der Waals surface area contributed by atoms with Crippen molar-refractivity contribution in [2.45, 2.75) is 31.3 Å². The molecule has 2 heterocycles. The van der Waals surface area contributed by atoms with E-state index in [0.717, 1.165) is 0 Å². The highest BCUT2D eigenvalue weighted by Crippen LogP contribution is 2.20. The van der Waals surface area contributed by atoms with Crippen molar-refractivity contribution in [3.63, 3.8) is 0 Å². The van der Waals surface area contributed by atoms with E-state index in [1.807, 2.05) is 20.8 Å². The lowest BCUT2D eigenvalue weighted by Gasteiger charge is -2.15. The van der Waals surface area contributed by atoms with Crippen LogP contribution in [-0.2, 0) is 10.2 Å². The summed E-state index contributed by atoms with van der Waals surface area (Å²) < 4.78 is 1.44. The van der Waals surface area contributed by atoms with E-state index >= 15 is 0 Å². The Balaban J connectivity index is 1.76. The molecule has 136 valence electrons. The third kappa shape index (κ3) is 4.05. The minimum Gasteiger partial charge on any atom is -0.325 e. The van der Waals surface area contributed by atoms with Gasteiger partial charge in [0.25, 0.3) is 11.3 Å². The van der Waals surface area contributed by atoms with Crippen molar-refractivity contribution in [2.75, 3.05) is 11.1 Å². The molecular formula is C16H17ClN6O2S. The van der Waals surface area contributed by atoms with Gasteiger partial charge < -0.3 is 5.32 Å². The molecule has 26 heavy (non-hydrogen) atoms. The van der Waals surface area contributed by atoms with Gasteiger partial charge in [0.2, 0.25) is 11.1 Å². The Morgan fingerprint density at radius 2 is 2.12 bits per heavy atom. The monoisotopic (exact) mass is 392 g/mol. The van der Waals surface area contributed by atoms with Crippen molar-refractivity contribution >= 4 is 40.7 Å². The van der Waals surface area contributed by atoms with Crippen LogP contribution in [0.15, 0.2) is 34.2 Å². The van der Waals surface area contributed by atoms with E-state index in [1.54, 1.807) is 24.3 Å². The lowest BCUT2D eigenvalue weighted by molar-refractivity contribution is -0.113. The van der Waals surface area contributed by atoms with Crippen molar-refractivity contribution in [1.29, 1.82) is 0 Å². The minimum atomic E-state index is -0.433. The maximum atomic E-state index is 12.1. The molecule has 0 fully saturated rings. The van der Waals surface area contributed by atoms with E-state index in [0.29, 0.717) is 21.6 Å². The van der Waals surface area contributed by atoms with Gasteiger partial charge in [0.1, 0.15) is 5.69 Å². The van der Waals surface area contributed by atoms with Crippen LogP contribution in [-0.4, -0.2) is 36.5 Å². The molecule has 0 spiro atoms. The van der Waals surface area contributed by atoms with Crippen LogP contribution in [0.3, 0.4) is 0 Å². The second kappa shape index (κ2) is 7.08. The number of anilines is 1. The first-order chi connectivity index (χ1) is 12.2. The molecular weight excluding hydrogens is 376 g/mol. The van der Waals surface area contributed by atoms with Gasteiger partial charge in [-0.1, -0.05) is 50.2 Å². The molecule has 0 radical (unpaired) electrons. The second-order valence-corrected chi connectivity index (χ2v) is 8.00. The van der Waals surface area contributed by atoms with E-state index in [-0.39, 0.29) is 23.0 Å². The van der Waals surface area contributed by atoms with E-state index in [2.05, 4.69) is 25.6 Å². The van der Waals surface area contributed by atoms with Gasteiger partial charge in [0, 0.05) is 16.1 Å². The van der Waals surface area contributed by atoms with Gasteiger partial charge >= 0.3 is 0 Å². The van der Waals surface area contributed by atoms with Crippen LogP contribution in [0.4, 0.5) is 5.69 Å². The number of hydrogen-bond donors (Lipinski definition) is 2. The molecule has 3 rings (SSSR count). The lowest BCUT2D eigenvalue weighted by atomic mass is 9.93. The molecule has 0 aliphatic carbocycles. The van der Waals surface area contributed by atoms with Crippen molar-refractivity contribution in [2.24, 2.45) is 0 Å². The number of aromatic nitrogens is 5. The summed E-state index contributed by atoms with van der Waals surface area (Å²) >= 11 is 7.07. The molecule has 2 aromatic heterocycles. The number of hydrogen-bond acceptors (Lipinski definition) is 6. The van der Waals surface area contributed by atoms with Gasteiger partial charge in [-0.15, -0.1) is 10.2 Å². The summed E-state index contributed by atoms with van der Waals surface area (Å²) in [6, 6.07) is 6.90. The maximum absolute atomic E-state index is 12.1. The average Bonchev–Trinajstić information content (AvgIpc) is 2.93. The molecule has 0 unspecified atom stereocenters. The fraction of sp³-hybridized carbons (Fsp3) is 0.312. The number of aromatic amines is 1. The van der Waals surface area contributed by atoms with Crippen LogP contribution in [0.2, 0.25) is 5.02 Å². The number of H-pyrrole nitrogens is 1. The Morgan fingerprint density at radius 3 is 2.81 bits per heavy atom. The van der Waals surface area contributed by atoms with Crippen molar-refractivity contribution in [3.8, 4) is 0 Å². The van der Waals surface area contributed by atoms with Crippen molar-refractivity contribution < 1.29 is 4.79 Å². The van der Waals surface area contributed by atoms with Gasteiger partial charge in [-0.05, 0) is 18.2 Å². The first-order valence-electron chi connectivity index (χ1n) is 7.78. The van der Waals surface area contributed by atoms with E-state index < -0.39 is 5.41 Å². The van der Waals surface area contributed by atoms with Gasteiger partial charge in [0.15, 0.2) is 0 Å². The Hall–Kier alpha value is -2.39. The number of nitrogens with zero attached hydrogens (tertiary/aromatic N) is 4. The molecule has 0 bridgehead atoms. The molecule has 3 aromatic rings. The van der Waals surface area contributed by atoms with Gasteiger partial charge in [-0.25, -0.2) is 0 Å². The molecule has 0 saturated heterocycles. The molecule has 1 amide bonds. The second-order valence-electron chi connectivity index (χ2n) is 6.62. The quantitative estimate of drug-likeness (QED) is 0.661. The lowest BCUT2D eigenvalue weighted by Crippen LogP contribution is -2.28. The standard InChI is InChI=1S/C16H17ClN6O2S/c1-16(2,3)12-13(25)19-14-20-21-15(23(14)22-12)26-8-11(24)18-10-6-4-5-9(17)7-10/h4-7H,8H2,1-3H3,(H,18,24)(H,19,20,25). The van der Waals surface area contributed by atoms with Crippen molar-refractivity contribution in [1.82, 2.24) is 24.8 Å².